The third-order valence-corrected chi connectivity index (χ3v) is 5.63. The second-order valence-corrected chi connectivity index (χ2v) is 8.00. The van der Waals surface area contributed by atoms with Crippen LogP contribution < -0.4 is 20.3 Å². The lowest BCUT2D eigenvalue weighted by Gasteiger charge is -2.22. The van der Waals surface area contributed by atoms with Crippen molar-refractivity contribution < 1.29 is 4.74 Å². The molecule has 0 amide bonds. The molecule has 0 bridgehead atoms. The van der Waals surface area contributed by atoms with Crippen LogP contribution in [0.2, 0.25) is 5.02 Å². The number of nitrogens with zero attached hydrogens (tertiary/aromatic N) is 5. The number of ether oxygens (including phenoxy) is 1. The van der Waals surface area contributed by atoms with Gasteiger partial charge < -0.3 is 24.8 Å². The lowest BCUT2D eigenvalue weighted by Crippen LogP contribution is -2.45. The molecule has 164 valence electrons. The van der Waals surface area contributed by atoms with Gasteiger partial charge in [-0.3, -0.25) is 0 Å². The standard InChI is InChI=1S/C21H32ClN7O/c1-5-6-10-23-21(24-13-20-27-26-15(2)28(20)3)25-17-9-11-29(14-17)18-12-16(22)7-8-19(18)30-4/h7-8,12,17H,5-6,9-11,13-14H2,1-4H3,(H2,23,24,25). The van der Waals surface area contributed by atoms with Crippen LogP contribution in [0.5, 0.6) is 5.75 Å². The first-order chi connectivity index (χ1) is 14.5. The third kappa shape index (κ3) is 5.56. The van der Waals surface area contributed by atoms with Crippen molar-refractivity contribution in [2.24, 2.45) is 12.0 Å². The zero-order chi connectivity index (χ0) is 21.5. The number of nitrogens with one attached hydrogen (secondary N) is 2. The van der Waals surface area contributed by atoms with Crippen LogP contribution in [0.1, 0.15) is 37.8 Å². The maximum atomic E-state index is 6.22. The molecule has 3 rings (SSSR count). The molecular formula is C21H32ClN7O. The number of guanidine groups is 1. The molecule has 1 unspecified atom stereocenters. The zero-order valence-corrected chi connectivity index (χ0v) is 19.0. The summed E-state index contributed by atoms with van der Waals surface area (Å²) in [4.78, 5) is 7.06. The number of hydrogen-bond donors (Lipinski definition) is 2. The predicted molar refractivity (Wildman–Crippen MR) is 122 cm³/mol. The second kappa shape index (κ2) is 10.5. The summed E-state index contributed by atoms with van der Waals surface area (Å²) in [6.45, 7) is 7.28. The molecule has 1 aliphatic heterocycles. The molecule has 0 saturated carbocycles. The van der Waals surface area contributed by atoms with Crippen molar-refractivity contribution in [2.45, 2.75) is 45.7 Å². The molecule has 1 aromatic carbocycles. The van der Waals surface area contributed by atoms with Crippen molar-refractivity contribution in [1.82, 2.24) is 25.4 Å². The molecule has 2 aromatic rings. The molecule has 0 spiro atoms. The van der Waals surface area contributed by atoms with Gasteiger partial charge in [0.05, 0.1) is 12.8 Å². The highest BCUT2D eigenvalue weighted by Crippen LogP contribution is 2.33. The van der Waals surface area contributed by atoms with Crippen LogP contribution in [-0.2, 0) is 13.6 Å². The van der Waals surface area contributed by atoms with Gasteiger partial charge in [0.15, 0.2) is 11.8 Å². The fourth-order valence-electron chi connectivity index (χ4n) is 3.48. The molecule has 1 aromatic heterocycles. The minimum atomic E-state index is 0.280. The summed E-state index contributed by atoms with van der Waals surface area (Å²) in [7, 11) is 3.65. The summed E-state index contributed by atoms with van der Waals surface area (Å²) >= 11 is 6.22. The molecule has 0 radical (unpaired) electrons. The second-order valence-electron chi connectivity index (χ2n) is 7.56. The number of benzene rings is 1. The van der Waals surface area contributed by atoms with Gasteiger partial charge >= 0.3 is 0 Å². The Kier molecular flexibility index (Phi) is 7.79. The Morgan fingerprint density at radius 1 is 1.37 bits per heavy atom. The number of hydrogen-bond acceptors (Lipinski definition) is 5. The summed E-state index contributed by atoms with van der Waals surface area (Å²) in [6, 6.07) is 6.02. The van der Waals surface area contributed by atoms with Crippen molar-refractivity contribution >= 4 is 23.2 Å². The predicted octanol–water partition coefficient (Wildman–Crippen LogP) is 2.90. The van der Waals surface area contributed by atoms with Crippen LogP contribution in [-0.4, -0.2) is 53.5 Å². The first-order valence-corrected chi connectivity index (χ1v) is 10.9. The molecule has 1 saturated heterocycles. The van der Waals surface area contributed by atoms with E-state index in [1.54, 1.807) is 7.11 Å². The Morgan fingerprint density at radius 2 is 2.20 bits per heavy atom. The highest BCUT2D eigenvalue weighted by Gasteiger charge is 2.25. The molecule has 2 heterocycles. The molecule has 8 nitrogen and oxygen atoms in total. The SMILES string of the molecule is CCCCNC(=NCc1nnc(C)n1C)NC1CCN(c2cc(Cl)ccc2OC)C1. The van der Waals surface area contributed by atoms with Crippen LogP contribution in [0.15, 0.2) is 23.2 Å². The molecule has 9 heteroatoms. The Bertz CT molecular complexity index is 867. The number of aromatic nitrogens is 3. The fraction of sp³-hybridized carbons (Fsp3) is 0.571. The Labute approximate surface area is 183 Å². The van der Waals surface area contributed by atoms with E-state index >= 15 is 0 Å². The molecule has 1 aliphatic rings. The van der Waals surface area contributed by atoms with Gasteiger partial charge in [0.1, 0.15) is 18.1 Å². The monoisotopic (exact) mass is 433 g/mol. The van der Waals surface area contributed by atoms with Crippen LogP contribution in [0.25, 0.3) is 0 Å². The summed E-state index contributed by atoms with van der Waals surface area (Å²) in [5, 5.41) is 16.1. The van der Waals surface area contributed by atoms with Crippen LogP contribution in [0.4, 0.5) is 5.69 Å². The molecule has 2 N–H and O–H groups in total. The number of halogens is 1. The Hall–Kier alpha value is -2.48. The van der Waals surface area contributed by atoms with Gasteiger partial charge in [-0.2, -0.15) is 0 Å². The van der Waals surface area contributed by atoms with E-state index in [9.17, 15) is 0 Å². The lowest BCUT2D eigenvalue weighted by atomic mass is 10.2. The Morgan fingerprint density at radius 3 is 2.90 bits per heavy atom. The van der Waals surface area contributed by atoms with Crippen LogP contribution in [0.3, 0.4) is 0 Å². The zero-order valence-electron chi connectivity index (χ0n) is 18.3. The minimum Gasteiger partial charge on any atom is -0.495 e. The number of rotatable bonds is 8. The summed E-state index contributed by atoms with van der Waals surface area (Å²) in [5.41, 5.74) is 1.03. The average molecular weight is 434 g/mol. The number of anilines is 1. The van der Waals surface area contributed by atoms with E-state index in [0.29, 0.717) is 11.6 Å². The molecule has 30 heavy (non-hydrogen) atoms. The van der Waals surface area contributed by atoms with Gasteiger partial charge in [0.25, 0.3) is 0 Å². The fourth-order valence-corrected chi connectivity index (χ4v) is 3.64. The highest BCUT2D eigenvalue weighted by atomic mass is 35.5. The van der Waals surface area contributed by atoms with E-state index in [1.165, 1.54) is 0 Å². The number of aliphatic imine (C=N–C) groups is 1. The smallest absolute Gasteiger partial charge is 0.191 e. The van der Waals surface area contributed by atoms with E-state index in [2.05, 4.69) is 32.7 Å². The van der Waals surface area contributed by atoms with Crippen molar-refractivity contribution in [2.75, 3.05) is 31.6 Å². The minimum absolute atomic E-state index is 0.280. The molecule has 0 aliphatic carbocycles. The topological polar surface area (TPSA) is 79.6 Å². The van der Waals surface area contributed by atoms with Crippen molar-refractivity contribution in [3.63, 3.8) is 0 Å². The highest BCUT2D eigenvalue weighted by molar-refractivity contribution is 6.30. The van der Waals surface area contributed by atoms with E-state index in [4.69, 9.17) is 21.3 Å². The number of unbranched alkanes of at least 4 members (excludes halogenated alkanes) is 1. The van der Waals surface area contributed by atoms with Crippen LogP contribution >= 0.6 is 11.6 Å². The van der Waals surface area contributed by atoms with Crippen molar-refractivity contribution in [1.29, 1.82) is 0 Å². The van der Waals surface area contributed by atoms with Gasteiger partial charge in [-0.05, 0) is 38.0 Å². The van der Waals surface area contributed by atoms with E-state index in [1.807, 2.05) is 36.7 Å². The van der Waals surface area contributed by atoms with E-state index in [-0.39, 0.29) is 6.04 Å². The summed E-state index contributed by atoms with van der Waals surface area (Å²) < 4.78 is 7.49. The van der Waals surface area contributed by atoms with E-state index < -0.39 is 0 Å². The third-order valence-electron chi connectivity index (χ3n) is 5.39. The normalized spacial score (nSPS) is 16.8. The van der Waals surface area contributed by atoms with Crippen molar-refractivity contribution in [3.8, 4) is 5.75 Å². The molecule has 1 atom stereocenters. The van der Waals surface area contributed by atoms with Gasteiger partial charge in [-0.15, -0.1) is 10.2 Å². The number of aryl methyl sites for hydroxylation is 1. The van der Waals surface area contributed by atoms with Gasteiger partial charge in [0.2, 0.25) is 0 Å². The Balaban J connectivity index is 1.66. The lowest BCUT2D eigenvalue weighted by molar-refractivity contribution is 0.415. The molecular weight excluding hydrogens is 402 g/mol. The van der Waals surface area contributed by atoms with Gasteiger partial charge in [0, 0.05) is 37.7 Å². The maximum absolute atomic E-state index is 6.22. The van der Waals surface area contributed by atoms with Gasteiger partial charge in [-0.1, -0.05) is 24.9 Å². The van der Waals surface area contributed by atoms with Gasteiger partial charge in [-0.25, -0.2) is 4.99 Å². The number of methoxy groups -OCH3 is 1. The largest absolute Gasteiger partial charge is 0.495 e. The first kappa shape index (κ1) is 22.2. The van der Waals surface area contributed by atoms with E-state index in [0.717, 1.165) is 67.9 Å². The molecule has 1 fully saturated rings. The maximum Gasteiger partial charge on any atom is 0.191 e. The van der Waals surface area contributed by atoms with Crippen molar-refractivity contribution in [3.05, 3.63) is 34.9 Å². The van der Waals surface area contributed by atoms with Crippen LogP contribution in [0, 0.1) is 6.92 Å². The average Bonchev–Trinajstić information content (AvgIpc) is 3.33. The first-order valence-electron chi connectivity index (χ1n) is 10.5. The quantitative estimate of drug-likeness (QED) is 0.378. The summed E-state index contributed by atoms with van der Waals surface area (Å²) in [6.07, 6.45) is 3.24. The summed E-state index contributed by atoms with van der Waals surface area (Å²) in [5.74, 6) is 3.39.